The van der Waals surface area contributed by atoms with Crippen LogP contribution in [0.25, 0.3) is 28.0 Å². The molecule has 7 nitrogen and oxygen atoms in total. The van der Waals surface area contributed by atoms with Gasteiger partial charge in [0.05, 0.1) is 22.1 Å². The molecular weight excluding hydrogens is 304 g/mol. The van der Waals surface area contributed by atoms with E-state index in [4.69, 9.17) is 0 Å². The van der Waals surface area contributed by atoms with E-state index >= 15 is 0 Å². The number of H-pyrrole nitrogens is 1. The Morgan fingerprint density at radius 3 is 2.36 bits per heavy atom. The monoisotopic (exact) mass is 314 g/mol. The quantitative estimate of drug-likeness (QED) is 0.552. The summed E-state index contributed by atoms with van der Waals surface area (Å²) in [4.78, 5) is 11.4. The number of nitrogens with zero attached hydrogens (tertiary/aromatic N) is 3. The van der Waals surface area contributed by atoms with Crippen LogP contribution in [0, 0.1) is 0 Å². The van der Waals surface area contributed by atoms with Crippen molar-refractivity contribution >= 4 is 32.2 Å². The predicted octanol–water partition coefficient (Wildman–Crippen LogP) is 2.15. The third-order valence-corrected chi connectivity index (χ3v) is 4.08. The van der Waals surface area contributed by atoms with Crippen molar-refractivity contribution in [3.63, 3.8) is 0 Å². The molecule has 2 aromatic carbocycles. The third-order valence-electron chi connectivity index (χ3n) is 3.35. The lowest BCUT2D eigenvalue weighted by Gasteiger charge is -2.02. The Hall–Kier alpha value is -2.71. The topological polar surface area (TPSA) is 101 Å². The lowest BCUT2D eigenvalue weighted by atomic mass is 10.3. The molecule has 2 aromatic heterocycles. The number of rotatable bonds is 2. The van der Waals surface area contributed by atoms with Crippen molar-refractivity contribution in [2.45, 2.75) is 5.16 Å². The first-order valence-corrected chi connectivity index (χ1v) is 7.88. The van der Waals surface area contributed by atoms with Crippen LogP contribution < -0.4 is 0 Å². The van der Waals surface area contributed by atoms with E-state index in [-0.39, 0.29) is 5.95 Å². The minimum absolute atomic E-state index is 0.280. The third kappa shape index (κ3) is 1.89. The summed E-state index contributed by atoms with van der Waals surface area (Å²) in [6.07, 6.45) is 0. The molecule has 0 radical (unpaired) electrons. The van der Waals surface area contributed by atoms with E-state index in [2.05, 4.69) is 15.0 Å². The van der Waals surface area contributed by atoms with Crippen molar-refractivity contribution in [3.8, 4) is 5.95 Å². The summed E-state index contributed by atoms with van der Waals surface area (Å²) in [5.41, 5.74) is 2.44. The molecule has 0 atom stereocenters. The molecule has 0 unspecified atom stereocenters. The summed E-state index contributed by atoms with van der Waals surface area (Å²) < 4.78 is 34.0. The molecule has 0 saturated heterocycles. The van der Waals surface area contributed by atoms with Gasteiger partial charge in [-0.1, -0.05) is 24.3 Å². The largest absolute Gasteiger partial charge is 0.329 e. The fourth-order valence-corrected chi connectivity index (χ4v) is 3.06. The molecule has 0 bridgehead atoms. The van der Waals surface area contributed by atoms with Gasteiger partial charge in [-0.25, -0.2) is 9.97 Å². The average molecular weight is 314 g/mol. The number of benzene rings is 2. The van der Waals surface area contributed by atoms with Crippen LogP contribution in [-0.4, -0.2) is 32.5 Å². The van der Waals surface area contributed by atoms with Gasteiger partial charge in [0.1, 0.15) is 0 Å². The van der Waals surface area contributed by atoms with Crippen molar-refractivity contribution in [1.82, 2.24) is 19.5 Å². The molecule has 22 heavy (non-hydrogen) atoms. The second kappa shape index (κ2) is 4.39. The summed E-state index contributed by atoms with van der Waals surface area (Å²) >= 11 is 0. The number of fused-ring (bicyclic) bond motifs is 2. The standard InChI is InChI=1S/C14H10N4O3S/c19-22(20,21)14-17-11-7-3-4-8-12(11)18(14)13-15-9-5-1-2-6-10(9)16-13/h1-8H,(H,15,16)(H,19,20,21). The van der Waals surface area contributed by atoms with Crippen LogP contribution in [0.15, 0.2) is 53.7 Å². The van der Waals surface area contributed by atoms with Gasteiger partial charge in [-0.15, -0.1) is 0 Å². The highest BCUT2D eigenvalue weighted by molar-refractivity contribution is 7.85. The number of para-hydroxylation sites is 4. The fourth-order valence-electron chi connectivity index (χ4n) is 2.43. The molecular formula is C14H10N4O3S. The van der Waals surface area contributed by atoms with Crippen molar-refractivity contribution in [2.24, 2.45) is 0 Å². The average Bonchev–Trinajstić information content (AvgIpc) is 3.07. The molecule has 4 aromatic rings. The molecule has 2 N–H and O–H groups in total. The maximum absolute atomic E-state index is 11.6. The number of hydrogen-bond donors (Lipinski definition) is 2. The zero-order valence-electron chi connectivity index (χ0n) is 11.1. The first kappa shape index (κ1) is 13.0. The van der Waals surface area contributed by atoms with E-state index in [1.807, 2.05) is 24.3 Å². The van der Waals surface area contributed by atoms with Crippen LogP contribution in [0.1, 0.15) is 0 Å². The van der Waals surface area contributed by atoms with Crippen LogP contribution in [-0.2, 0) is 10.1 Å². The Kier molecular flexibility index (Phi) is 2.59. The minimum atomic E-state index is -4.49. The molecule has 0 spiro atoms. The molecule has 0 aliphatic heterocycles. The van der Waals surface area contributed by atoms with Crippen LogP contribution in [0.3, 0.4) is 0 Å². The first-order chi connectivity index (χ1) is 10.5. The molecule has 0 aliphatic carbocycles. The van der Waals surface area contributed by atoms with E-state index < -0.39 is 15.3 Å². The van der Waals surface area contributed by atoms with Gasteiger partial charge in [-0.05, 0) is 24.3 Å². The lowest BCUT2D eigenvalue weighted by molar-refractivity contribution is 0.472. The first-order valence-electron chi connectivity index (χ1n) is 6.44. The summed E-state index contributed by atoms with van der Waals surface area (Å²) in [7, 11) is -4.49. The normalized spacial score (nSPS) is 12.2. The SMILES string of the molecule is O=S(=O)(O)c1nc2ccccc2n1-c1nc2ccccc2[nH]1. The highest BCUT2D eigenvalue weighted by Crippen LogP contribution is 2.24. The van der Waals surface area contributed by atoms with E-state index in [1.165, 1.54) is 4.57 Å². The number of nitrogens with one attached hydrogen (secondary N) is 1. The molecule has 8 heteroatoms. The van der Waals surface area contributed by atoms with Crippen LogP contribution in [0.4, 0.5) is 0 Å². The fraction of sp³-hybridized carbons (Fsp3) is 0. The van der Waals surface area contributed by atoms with Gasteiger partial charge >= 0.3 is 10.1 Å². The van der Waals surface area contributed by atoms with Crippen molar-refractivity contribution in [3.05, 3.63) is 48.5 Å². The van der Waals surface area contributed by atoms with Crippen LogP contribution >= 0.6 is 0 Å². The Bertz CT molecular complexity index is 1080. The number of hydrogen-bond acceptors (Lipinski definition) is 4. The second-order valence-corrected chi connectivity index (χ2v) is 6.09. The summed E-state index contributed by atoms with van der Waals surface area (Å²) in [6.45, 7) is 0. The molecule has 0 aliphatic rings. The molecule has 0 saturated carbocycles. The maximum atomic E-state index is 11.6. The smallest absolute Gasteiger partial charge is 0.323 e. The van der Waals surface area contributed by atoms with Crippen molar-refractivity contribution in [1.29, 1.82) is 0 Å². The predicted molar refractivity (Wildman–Crippen MR) is 80.5 cm³/mol. The van der Waals surface area contributed by atoms with Crippen molar-refractivity contribution in [2.75, 3.05) is 0 Å². The zero-order chi connectivity index (χ0) is 15.3. The zero-order valence-corrected chi connectivity index (χ0v) is 11.9. The number of imidazole rings is 2. The van der Waals surface area contributed by atoms with Crippen molar-refractivity contribution < 1.29 is 13.0 Å². The lowest BCUT2D eigenvalue weighted by Crippen LogP contribution is -2.09. The molecule has 110 valence electrons. The maximum Gasteiger partial charge on any atom is 0.329 e. The Balaban J connectivity index is 2.12. The highest BCUT2D eigenvalue weighted by Gasteiger charge is 2.24. The summed E-state index contributed by atoms with van der Waals surface area (Å²) in [5.74, 6) is 0.280. The van der Waals surface area contributed by atoms with Gasteiger partial charge in [-0.2, -0.15) is 8.42 Å². The molecule has 0 amide bonds. The summed E-state index contributed by atoms with van der Waals surface area (Å²) in [5, 5.41) is -0.465. The van der Waals surface area contributed by atoms with E-state index in [1.54, 1.807) is 24.3 Å². The van der Waals surface area contributed by atoms with Gasteiger partial charge in [0, 0.05) is 0 Å². The summed E-state index contributed by atoms with van der Waals surface area (Å²) in [6, 6.07) is 14.2. The second-order valence-electron chi connectivity index (χ2n) is 4.77. The van der Waals surface area contributed by atoms with E-state index in [0.29, 0.717) is 16.6 Å². The Morgan fingerprint density at radius 1 is 0.955 bits per heavy atom. The van der Waals surface area contributed by atoms with E-state index in [9.17, 15) is 13.0 Å². The number of aromatic nitrogens is 4. The van der Waals surface area contributed by atoms with Gasteiger partial charge < -0.3 is 4.98 Å². The molecule has 2 heterocycles. The van der Waals surface area contributed by atoms with Gasteiger partial charge in [-0.3, -0.25) is 9.12 Å². The van der Waals surface area contributed by atoms with E-state index in [0.717, 1.165) is 5.52 Å². The van der Waals surface area contributed by atoms with Gasteiger partial charge in [0.25, 0.3) is 5.16 Å². The van der Waals surface area contributed by atoms with Gasteiger partial charge in [0.2, 0.25) is 5.95 Å². The Labute approximate surface area is 125 Å². The van der Waals surface area contributed by atoms with Crippen LogP contribution in [0.2, 0.25) is 0 Å². The number of aromatic amines is 1. The Morgan fingerprint density at radius 2 is 1.64 bits per heavy atom. The molecule has 4 rings (SSSR count). The minimum Gasteiger partial charge on any atom is -0.323 e. The highest BCUT2D eigenvalue weighted by atomic mass is 32.2. The molecule has 0 fully saturated rings. The van der Waals surface area contributed by atoms with Crippen LogP contribution in [0.5, 0.6) is 0 Å². The van der Waals surface area contributed by atoms with Gasteiger partial charge in [0.15, 0.2) is 0 Å².